The molecule has 0 heterocycles. The molecule has 0 saturated carbocycles. The third-order valence-electron chi connectivity index (χ3n) is 2.46. The average Bonchev–Trinajstić information content (AvgIpc) is 2.17. The standard InChI is InChI=1S/C14H26O2/c1-7-9-15-11-14(5,6)13(12(3)4)16-10-8-2/h7-9,12-13H,2,10-11H2,1,3-6H3/b9-7-. The number of hydrogen-bond donors (Lipinski definition) is 0. The molecule has 94 valence electrons. The van der Waals surface area contributed by atoms with Crippen LogP contribution in [0.2, 0.25) is 0 Å². The van der Waals surface area contributed by atoms with Gasteiger partial charge in [-0.05, 0) is 12.8 Å². The van der Waals surface area contributed by atoms with E-state index in [1.807, 2.05) is 13.0 Å². The summed E-state index contributed by atoms with van der Waals surface area (Å²) >= 11 is 0. The molecule has 0 aliphatic carbocycles. The quantitative estimate of drug-likeness (QED) is 0.463. The van der Waals surface area contributed by atoms with Gasteiger partial charge in [0.05, 0.1) is 25.6 Å². The lowest BCUT2D eigenvalue weighted by Gasteiger charge is -2.36. The molecule has 2 heteroatoms. The fourth-order valence-corrected chi connectivity index (χ4v) is 1.93. The molecule has 0 fully saturated rings. The van der Waals surface area contributed by atoms with E-state index in [-0.39, 0.29) is 11.5 Å². The average molecular weight is 226 g/mol. The normalized spacial score (nSPS) is 14.4. The fourth-order valence-electron chi connectivity index (χ4n) is 1.93. The molecule has 0 radical (unpaired) electrons. The van der Waals surface area contributed by atoms with Crippen molar-refractivity contribution >= 4 is 0 Å². The highest BCUT2D eigenvalue weighted by Gasteiger charge is 2.33. The Bertz CT molecular complexity index is 217. The summed E-state index contributed by atoms with van der Waals surface area (Å²) in [5.74, 6) is 0.462. The first kappa shape index (κ1) is 15.2. The van der Waals surface area contributed by atoms with Gasteiger partial charge in [0, 0.05) is 5.41 Å². The first-order chi connectivity index (χ1) is 7.45. The van der Waals surface area contributed by atoms with Crippen LogP contribution in [0, 0.1) is 11.3 Å². The van der Waals surface area contributed by atoms with Crippen LogP contribution in [0.3, 0.4) is 0 Å². The Morgan fingerprint density at radius 3 is 2.38 bits per heavy atom. The maximum absolute atomic E-state index is 5.83. The molecule has 0 N–H and O–H groups in total. The number of rotatable bonds is 8. The second-order valence-corrected chi connectivity index (χ2v) is 5.06. The lowest BCUT2D eigenvalue weighted by molar-refractivity contribution is -0.0657. The van der Waals surface area contributed by atoms with E-state index in [1.165, 1.54) is 0 Å². The number of hydrogen-bond acceptors (Lipinski definition) is 2. The molecule has 0 amide bonds. The molecule has 0 aliphatic heterocycles. The zero-order chi connectivity index (χ0) is 12.6. The van der Waals surface area contributed by atoms with E-state index in [4.69, 9.17) is 9.47 Å². The summed E-state index contributed by atoms with van der Waals surface area (Å²) in [4.78, 5) is 0. The molecule has 0 aromatic carbocycles. The largest absolute Gasteiger partial charge is 0.501 e. The molecule has 0 rings (SSSR count). The van der Waals surface area contributed by atoms with E-state index in [9.17, 15) is 0 Å². The van der Waals surface area contributed by atoms with E-state index in [0.717, 1.165) is 0 Å². The monoisotopic (exact) mass is 226 g/mol. The van der Waals surface area contributed by atoms with Crippen molar-refractivity contribution in [3.8, 4) is 0 Å². The summed E-state index contributed by atoms with van der Waals surface area (Å²) in [5.41, 5.74) is -0.00329. The van der Waals surface area contributed by atoms with Crippen LogP contribution in [0.1, 0.15) is 34.6 Å². The van der Waals surface area contributed by atoms with Gasteiger partial charge < -0.3 is 9.47 Å². The molecular weight excluding hydrogens is 200 g/mol. The summed E-state index contributed by atoms with van der Waals surface area (Å²) in [7, 11) is 0. The Balaban J connectivity index is 4.41. The maximum atomic E-state index is 5.83. The maximum Gasteiger partial charge on any atom is 0.0948 e. The predicted octanol–water partition coefficient (Wildman–Crippen LogP) is 3.79. The lowest BCUT2D eigenvalue weighted by Crippen LogP contribution is -2.39. The van der Waals surface area contributed by atoms with Gasteiger partial charge in [0.2, 0.25) is 0 Å². The zero-order valence-corrected chi connectivity index (χ0v) is 11.3. The Hall–Kier alpha value is -0.760. The third kappa shape index (κ3) is 5.36. The van der Waals surface area contributed by atoms with Crippen molar-refractivity contribution in [1.82, 2.24) is 0 Å². The summed E-state index contributed by atoms with van der Waals surface area (Å²) in [5, 5.41) is 0. The summed E-state index contributed by atoms with van der Waals surface area (Å²) in [6, 6.07) is 0. The van der Waals surface area contributed by atoms with E-state index < -0.39 is 0 Å². The van der Waals surface area contributed by atoms with E-state index in [1.54, 1.807) is 12.3 Å². The molecule has 1 atom stereocenters. The molecule has 0 aromatic heterocycles. The van der Waals surface area contributed by atoms with Gasteiger partial charge in [-0.2, -0.15) is 0 Å². The fraction of sp³-hybridized carbons (Fsp3) is 0.714. The summed E-state index contributed by atoms with van der Waals surface area (Å²) in [6.07, 6.45) is 5.59. The first-order valence-electron chi connectivity index (χ1n) is 5.91. The summed E-state index contributed by atoms with van der Waals surface area (Å²) < 4.78 is 11.3. The molecule has 0 spiro atoms. The Morgan fingerprint density at radius 2 is 1.94 bits per heavy atom. The first-order valence-corrected chi connectivity index (χ1v) is 5.91. The highest BCUT2D eigenvalue weighted by Crippen LogP contribution is 2.29. The van der Waals surface area contributed by atoms with Crippen LogP contribution in [-0.4, -0.2) is 19.3 Å². The van der Waals surface area contributed by atoms with Crippen molar-refractivity contribution in [3.05, 3.63) is 25.0 Å². The van der Waals surface area contributed by atoms with Crippen molar-refractivity contribution in [2.45, 2.75) is 40.7 Å². The van der Waals surface area contributed by atoms with Gasteiger partial charge in [-0.25, -0.2) is 0 Å². The minimum atomic E-state index is -0.00329. The van der Waals surface area contributed by atoms with Crippen LogP contribution in [0.15, 0.2) is 25.0 Å². The van der Waals surface area contributed by atoms with E-state index >= 15 is 0 Å². The van der Waals surface area contributed by atoms with Crippen molar-refractivity contribution in [2.75, 3.05) is 13.2 Å². The van der Waals surface area contributed by atoms with Crippen molar-refractivity contribution in [2.24, 2.45) is 11.3 Å². The van der Waals surface area contributed by atoms with Gasteiger partial charge in [0.15, 0.2) is 0 Å². The molecule has 0 aliphatic rings. The van der Waals surface area contributed by atoms with Gasteiger partial charge >= 0.3 is 0 Å². The van der Waals surface area contributed by atoms with Crippen molar-refractivity contribution < 1.29 is 9.47 Å². The minimum Gasteiger partial charge on any atom is -0.501 e. The predicted molar refractivity (Wildman–Crippen MR) is 69.3 cm³/mol. The smallest absolute Gasteiger partial charge is 0.0948 e. The molecule has 0 aromatic rings. The van der Waals surface area contributed by atoms with Crippen molar-refractivity contribution in [1.29, 1.82) is 0 Å². The van der Waals surface area contributed by atoms with Crippen LogP contribution in [0.5, 0.6) is 0 Å². The zero-order valence-electron chi connectivity index (χ0n) is 11.3. The van der Waals surface area contributed by atoms with Crippen LogP contribution >= 0.6 is 0 Å². The van der Waals surface area contributed by atoms with Gasteiger partial charge in [0.1, 0.15) is 0 Å². The number of ether oxygens (including phenoxy) is 2. The highest BCUT2D eigenvalue weighted by molar-refractivity contribution is 4.83. The molecule has 0 saturated heterocycles. The molecule has 1 unspecified atom stereocenters. The van der Waals surface area contributed by atoms with Crippen LogP contribution in [-0.2, 0) is 9.47 Å². The third-order valence-corrected chi connectivity index (χ3v) is 2.46. The highest BCUT2D eigenvalue weighted by atomic mass is 16.5. The summed E-state index contributed by atoms with van der Waals surface area (Å²) in [6.45, 7) is 15.6. The van der Waals surface area contributed by atoms with E-state index in [2.05, 4.69) is 34.3 Å². The van der Waals surface area contributed by atoms with Gasteiger partial charge in [-0.1, -0.05) is 39.8 Å². The second kappa shape index (κ2) is 7.50. The van der Waals surface area contributed by atoms with Gasteiger partial charge in [-0.3, -0.25) is 0 Å². The van der Waals surface area contributed by atoms with Gasteiger partial charge in [0.25, 0.3) is 0 Å². The van der Waals surface area contributed by atoms with Crippen LogP contribution in [0.25, 0.3) is 0 Å². The molecule has 16 heavy (non-hydrogen) atoms. The molecular formula is C14H26O2. The Morgan fingerprint density at radius 1 is 1.31 bits per heavy atom. The Labute approximate surface area is 100 Å². The topological polar surface area (TPSA) is 18.5 Å². The molecule has 0 bridgehead atoms. The van der Waals surface area contributed by atoms with Crippen LogP contribution in [0.4, 0.5) is 0 Å². The van der Waals surface area contributed by atoms with Gasteiger partial charge in [-0.15, -0.1) is 6.58 Å². The van der Waals surface area contributed by atoms with Crippen LogP contribution < -0.4 is 0 Å². The Kier molecular flexibility index (Phi) is 7.15. The van der Waals surface area contributed by atoms with E-state index in [0.29, 0.717) is 19.1 Å². The lowest BCUT2D eigenvalue weighted by atomic mass is 9.81. The van der Waals surface area contributed by atoms with Crippen molar-refractivity contribution in [3.63, 3.8) is 0 Å². The second-order valence-electron chi connectivity index (χ2n) is 5.06. The number of allylic oxidation sites excluding steroid dienone is 1. The molecule has 2 nitrogen and oxygen atoms in total. The SMILES string of the molecule is C=CCOC(C(C)C)C(C)(C)CO/C=C\C. The minimum absolute atomic E-state index is 0.00329.